The number of aromatic nitrogens is 2. The van der Waals surface area contributed by atoms with Gasteiger partial charge in [-0.2, -0.15) is 0 Å². The molecule has 1 heterocycles. The van der Waals surface area contributed by atoms with Crippen LogP contribution in [0.1, 0.15) is 36.2 Å². The van der Waals surface area contributed by atoms with E-state index >= 15 is 0 Å². The maximum absolute atomic E-state index is 12.0. The van der Waals surface area contributed by atoms with Gasteiger partial charge in [0.2, 0.25) is 5.95 Å². The number of hydrogen-bond donors (Lipinski definition) is 2. The number of aryl methyl sites for hydroxylation is 1. The van der Waals surface area contributed by atoms with Gasteiger partial charge < -0.3 is 10.6 Å². The van der Waals surface area contributed by atoms with Crippen LogP contribution < -0.4 is 10.6 Å². The first-order valence-corrected chi connectivity index (χ1v) is 7.95. The fraction of sp³-hybridized carbons (Fsp3) is 0.312. The smallest absolute Gasteiger partial charge is 0.254 e. The van der Waals surface area contributed by atoms with Crippen molar-refractivity contribution >= 4 is 33.5 Å². The van der Waals surface area contributed by atoms with Crippen LogP contribution >= 0.6 is 15.9 Å². The molecule has 0 bridgehead atoms. The molecule has 116 valence electrons. The highest BCUT2D eigenvalue weighted by atomic mass is 79.9. The summed E-state index contributed by atoms with van der Waals surface area (Å²) in [6.45, 7) is 5.99. The molecule has 1 aromatic heterocycles. The minimum Gasteiger partial charge on any atom is -0.350 e. The van der Waals surface area contributed by atoms with E-state index in [1.807, 2.05) is 39.0 Å². The number of halogens is 1. The summed E-state index contributed by atoms with van der Waals surface area (Å²) >= 11 is 3.43. The first kappa shape index (κ1) is 16.4. The van der Waals surface area contributed by atoms with Crippen molar-refractivity contribution in [2.75, 3.05) is 5.32 Å². The monoisotopic (exact) mass is 362 g/mol. The Morgan fingerprint density at radius 1 is 1.32 bits per heavy atom. The molecule has 0 saturated carbocycles. The van der Waals surface area contributed by atoms with Crippen LogP contribution in [0.3, 0.4) is 0 Å². The van der Waals surface area contributed by atoms with Crippen molar-refractivity contribution in [1.82, 2.24) is 15.3 Å². The zero-order chi connectivity index (χ0) is 16.1. The molecule has 0 saturated heterocycles. The van der Waals surface area contributed by atoms with Crippen LogP contribution in [0.5, 0.6) is 0 Å². The predicted octanol–water partition coefficient (Wildman–Crippen LogP) is 3.82. The van der Waals surface area contributed by atoms with E-state index in [4.69, 9.17) is 0 Å². The SMILES string of the molecule is CCC(C)NC(=O)c1cnc(Nc2ccc(Br)cc2C)nc1. The van der Waals surface area contributed by atoms with Gasteiger partial charge in [0, 0.05) is 28.6 Å². The van der Waals surface area contributed by atoms with Crippen LogP contribution in [0.4, 0.5) is 11.6 Å². The third kappa shape index (κ3) is 4.27. The van der Waals surface area contributed by atoms with Crippen molar-refractivity contribution in [1.29, 1.82) is 0 Å². The molecule has 5 nitrogen and oxygen atoms in total. The summed E-state index contributed by atoms with van der Waals surface area (Å²) in [6, 6.07) is 6.04. The Morgan fingerprint density at radius 3 is 2.59 bits per heavy atom. The van der Waals surface area contributed by atoms with Crippen molar-refractivity contribution in [2.45, 2.75) is 33.2 Å². The second kappa shape index (κ2) is 7.35. The fourth-order valence-electron chi connectivity index (χ4n) is 1.81. The van der Waals surface area contributed by atoms with Crippen LogP contribution in [0.2, 0.25) is 0 Å². The molecule has 0 fully saturated rings. The van der Waals surface area contributed by atoms with Gasteiger partial charge >= 0.3 is 0 Å². The standard InChI is InChI=1S/C16H19BrN4O/c1-4-11(3)20-15(22)12-8-18-16(19-9-12)21-14-6-5-13(17)7-10(14)2/h5-9,11H,4H2,1-3H3,(H,20,22)(H,18,19,21). The molecule has 2 rings (SSSR count). The average Bonchev–Trinajstić information content (AvgIpc) is 2.50. The number of carbonyl (C=O) groups is 1. The molecule has 1 unspecified atom stereocenters. The van der Waals surface area contributed by atoms with E-state index < -0.39 is 0 Å². The molecular weight excluding hydrogens is 344 g/mol. The molecule has 0 aliphatic heterocycles. The lowest BCUT2D eigenvalue weighted by molar-refractivity contribution is 0.0938. The second-order valence-corrected chi connectivity index (χ2v) is 6.08. The average molecular weight is 363 g/mol. The number of anilines is 2. The second-order valence-electron chi connectivity index (χ2n) is 5.16. The number of amides is 1. The lowest BCUT2D eigenvalue weighted by Gasteiger charge is -2.11. The summed E-state index contributed by atoms with van der Waals surface area (Å²) in [7, 11) is 0. The first-order valence-electron chi connectivity index (χ1n) is 7.15. The number of benzene rings is 1. The number of carbonyl (C=O) groups excluding carboxylic acids is 1. The maximum atomic E-state index is 12.0. The Kier molecular flexibility index (Phi) is 5.49. The molecule has 6 heteroatoms. The molecule has 22 heavy (non-hydrogen) atoms. The van der Waals surface area contributed by atoms with Gasteiger partial charge in [-0.15, -0.1) is 0 Å². The van der Waals surface area contributed by atoms with Gasteiger partial charge in [0.15, 0.2) is 0 Å². The van der Waals surface area contributed by atoms with Gasteiger partial charge in [0.25, 0.3) is 5.91 Å². The first-order chi connectivity index (χ1) is 10.5. The summed E-state index contributed by atoms with van der Waals surface area (Å²) in [5, 5.41) is 6.03. The Balaban J connectivity index is 2.07. The van der Waals surface area contributed by atoms with Gasteiger partial charge in [-0.1, -0.05) is 22.9 Å². The molecule has 1 aromatic carbocycles. The van der Waals surface area contributed by atoms with Crippen molar-refractivity contribution < 1.29 is 4.79 Å². The van der Waals surface area contributed by atoms with Gasteiger partial charge in [0.1, 0.15) is 0 Å². The highest BCUT2D eigenvalue weighted by molar-refractivity contribution is 9.10. The molecule has 0 radical (unpaired) electrons. The summed E-state index contributed by atoms with van der Waals surface area (Å²) in [5.74, 6) is 0.311. The zero-order valence-corrected chi connectivity index (χ0v) is 14.4. The third-order valence-corrected chi connectivity index (χ3v) is 3.83. The Bertz CT molecular complexity index is 658. The summed E-state index contributed by atoms with van der Waals surface area (Å²) in [6.07, 6.45) is 3.94. The largest absolute Gasteiger partial charge is 0.350 e. The predicted molar refractivity (Wildman–Crippen MR) is 91.4 cm³/mol. The molecule has 2 aromatic rings. The van der Waals surface area contributed by atoms with Gasteiger partial charge in [0.05, 0.1) is 5.56 Å². The molecule has 1 amide bonds. The number of nitrogens with zero attached hydrogens (tertiary/aromatic N) is 2. The summed E-state index contributed by atoms with van der Waals surface area (Å²) in [5.41, 5.74) is 2.47. The molecule has 1 atom stereocenters. The Morgan fingerprint density at radius 2 is 2.00 bits per heavy atom. The number of nitrogens with one attached hydrogen (secondary N) is 2. The lowest BCUT2D eigenvalue weighted by Crippen LogP contribution is -2.32. The van der Waals surface area contributed by atoms with Crippen molar-refractivity contribution in [3.8, 4) is 0 Å². The normalized spacial score (nSPS) is 11.8. The molecule has 2 N–H and O–H groups in total. The third-order valence-electron chi connectivity index (χ3n) is 3.34. The van der Waals surface area contributed by atoms with Crippen molar-refractivity contribution in [2.24, 2.45) is 0 Å². The highest BCUT2D eigenvalue weighted by Crippen LogP contribution is 2.22. The van der Waals surface area contributed by atoms with Crippen molar-refractivity contribution in [3.63, 3.8) is 0 Å². The van der Waals surface area contributed by atoms with Gasteiger partial charge in [-0.05, 0) is 44.0 Å². The van der Waals surface area contributed by atoms with E-state index in [1.54, 1.807) is 0 Å². The van der Waals surface area contributed by atoms with Gasteiger partial charge in [-0.25, -0.2) is 9.97 Å². The minimum absolute atomic E-state index is 0.135. The van der Waals surface area contributed by atoms with Crippen LogP contribution in [0.15, 0.2) is 35.1 Å². The quantitative estimate of drug-likeness (QED) is 0.848. The molecular formula is C16H19BrN4O. The lowest BCUT2D eigenvalue weighted by atomic mass is 10.2. The number of hydrogen-bond acceptors (Lipinski definition) is 4. The topological polar surface area (TPSA) is 66.9 Å². The maximum Gasteiger partial charge on any atom is 0.254 e. The van der Waals surface area contributed by atoms with Gasteiger partial charge in [-0.3, -0.25) is 4.79 Å². The molecule has 0 aliphatic rings. The van der Waals surface area contributed by atoms with Crippen LogP contribution in [0, 0.1) is 6.92 Å². The Hall–Kier alpha value is -1.95. The summed E-state index contributed by atoms with van der Waals surface area (Å²) in [4.78, 5) is 20.4. The highest BCUT2D eigenvalue weighted by Gasteiger charge is 2.10. The van der Waals surface area contributed by atoms with Crippen LogP contribution in [-0.4, -0.2) is 21.9 Å². The van der Waals surface area contributed by atoms with E-state index in [9.17, 15) is 4.79 Å². The van der Waals surface area contributed by atoms with E-state index in [1.165, 1.54) is 12.4 Å². The minimum atomic E-state index is -0.152. The van der Waals surface area contributed by atoms with Crippen molar-refractivity contribution in [3.05, 3.63) is 46.2 Å². The van der Waals surface area contributed by atoms with E-state index in [0.29, 0.717) is 11.5 Å². The molecule has 0 aliphatic carbocycles. The van der Waals surface area contributed by atoms with E-state index in [0.717, 1.165) is 22.1 Å². The van der Waals surface area contributed by atoms with E-state index in [-0.39, 0.29) is 11.9 Å². The van der Waals surface area contributed by atoms with Crippen LogP contribution in [-0.2, 0) is 0 Å². The summed E-state index contributed by atoms with van der Waals surface area (Å²) < 4.78 is 1.02. The van der Waals surface area contributed by atoms with E-state index in [2.05, 4.69) is 36.5 Å². The van der Waals surface area contributed by atoms with Crippen LogP contribution in [0.25, 0.3) is 0 Å². The number of rotatable bonds is 5. The zero-order valence-electron chi connectivity index (χ0n) is 12.9. The Labute approximate surface area is 138 Å². The fourth-order valence-corrected chi connectivity index (χ4v) is 2.28. The molecule has 0 spiro atoms.